The molecule has 1 aromatic heterocycles. The highest BCUT2D eigenvalue weighted by Gasteiger charge is 2.12. The van der Waals surface area contributed by atoms with Gasteiger partial charge in [-0.1, -0.05) is 30.3 Å². The Balaban J connectivity index is 1.39. The van der Waals surface area contributed by atoms with E-state index in [-0.39, 0.29) is 0 Å². The van der Waals surface area contributed by atoms with E-state index in [2.05, 4.69) is 39.9 Å². The van der Waals surface area contributed by atoms with Crippen LogP contribution in [0.4, 0.5) is 0 Å². The highest BCUT2D eigenvalue weighted by atomic mass is 16.5. The molecule has 0 amide bonds. The van der Waals surface area contributed by atoms with E-state index in [0.717, 1.165) is 57.3 Å². The van der Waals surface area contributed by atoms with Gasteiger partial charge >= 0.3 is 0 Å². The van der Waals surface area contributed by atoms with Gasteiger partial charge in [-0.2, -0.15) is 0 Å². The topological polar surface area (TPSA) is 35.9 Å². The monoisotopic (exact) mass is 394 g/mol. The maximum Gasteiger partial charge on any atom is 0.161 e. The van der Waals surface area contributed by atoms with Crippen LogP contribution >= 0.6 is 0 Å². The van der Waals surface area contributed by atoms with Crippen LogP contribution < -0.4 is 9.47 Å². The van der Waals surface area contributed by atoms with Crippen molar-refractivity contribution in [2.45, 2.75) is 19.4 Å². The summed E-state index contributed by atoms with van der Waals surface area (Å²) in [6.45, 7) is 6.40. The molecular formula is C24H30N2O3. The fourth-order valence-electron chi connectivity index (χ4n) is 4.02. The van der Waals surface area contributed by atoms with E-state index in [9.17, 15) is 0 Å². The number of hydrogen-bond donors (Lipinski definition) is 0. The average Bonchev–Trinajstić information content (AvgIpc) is 3.13. The summed E-state index contributed by atoms with van der Waals surface area (Å²) in [5, 5.41) is 1.35. The highest BCUT2D eigenvalue weighted by molar-refractivity contribution is 5.84. The van der Waals surface area contributed by atoms with Crippen LogP contribution in [0.5, 0.6) is 11.5 Å². The van der Waals surface area contributed by atoms with Crippen LogP contribution in [-0.2, 0) is 17.7 Å². The molecular weight excluding hydrogens is 364 g/mol. The Labute approximate surface area is 172 Å². The van der Waals surface area contributed by atoms with Crippen molar-refractivity contribution in [2.24, 2.45) is 0 Å². The summed E-state index contributed by atoms with van der Waals surface area (Å²) in [6.07, 6.45) is 4.57. The lowest BCUT2D eigenvalue weighted by atomic mass is 10.1. The van der Waals surface area contributed by atoms with E-state index in [1.54, 1.807) is 7.11 Å². The smallest absolute Gasteiger partial charge is 0.161 e. The molecule has 1 aliphatic rings. The Bertz CT molecular complexity index is 915. The fraction of sp³-hybridized carbons (Fsp3) is 0.417. The summed E-state index contributed by atoms with van der Waals surface area (Å²) in [7, 11) is 1.67. The zero-order valence-electron chi connectivity index (χ0n) is 17.2. The Morgan fingerprint density at radius 2 is 1.69 bits per heavy atom. The van der Waals surface area contributed by atoms with Gasteiger partial charge in [0.05, 0.1) is 26.9 Å². The average molecular weight is 395 g/mol. The second-order valence-corrected chi connectivity index (χ2v) is 7.42. The van der Waals surface area contributed by atoms with Crippen LogP contribution in [0, 0.1) is 0 Å². The predicted octanol–water partition coefficient (Wildman–Crippen LogP) is 3.99. The molecule has 0 aliphatic carbocycles. The first-order valence-corrected chi connectivity index (χ1v) is 10.5. The molecule has 0 N–H and O–H groups in total. The van der Waals surface area contributed by atoms with Crippen molar-refractivity contribution in [3.8, 4) is 11.5 Å². The van der Waals surface area contributed by atoms with Gasteiger partial charge in [0.1, 0.15) is 6.61 Å². The highest BCUT2D eigenvalue weighted by Crippen LogP contribution is 2.26. The van der Waals surface area contributed by atoms with E-state index in [0.29, 0.717) is 6.61 Å². The molecule has 3 aromatic rings. The zero-order chi connectivity index (χ0) is 19.9. The van der Waals surface area contributed by atoms with Gasteiger partial charge in [-0.15, -0.1) is 0 Å². The minimum atomic E-state index is 0.603. The van der Waals surface area contributed by atoms with Crippen LogP contribution in [0.2, 0.25) is 0 Å². The normalized spacial score (nSPS) is 14.9. The first-order valence-electron chi connectivity index (χ1n) is 10.5. The van der Waals surface area contributed by atoms with Gasteiger partial charge in [0, 0.05) is 30.2 Å². The van der Waals surface area contributed by atoms with Gasteiger partial charge in [0.2, 0.25) is 0 Å². The molecule has 5 nitrogen and oxygen atoms in total. The number of benzene rings is 2. The summed E-state index contributed by atoms with van der Waals surface area (Å²) in [4.78, 5) is 2.50. The molecule has 0 spiro atoms. The van der Waals surface area contributed by atoms with Crippen molar-refractivity contribution in [3.63, 3.8) is 0 Å². The molecule has 154 valence electrons. The summed E-state index contributed by atoms with van der Waals surface area (Å²) in [5.41, 5.74) is 2.70. The molecule has 0 radical (unpaired) electrons. The second kappa shape index (κ2) is 9.81. The number of hydrogen-bond acceptors (Lipinski definition) is 4. The number of morpholine rings is 1. The molecule has 0 atom stereocenters. The summed E-state index contributed by atoms with van der Waals surface area (Å²) in [6, 6.07) is 16.5. The molecule has 0 unspecified atom stereocenters. The van der Waals surface area contributed by atoms with E-state index in [1.807, 2.05) is 24.3 Å². The number of rotatable bonds is 9. The molecule has 0 bridgehead atoms. The number of methoxy groups -OCH3 is 1. The molecule has 2 heterocycles. The Kier molecular flexibility index (Phi) is 6.70. The molecule has 5 heteroatoms. The fourth-order valence-corrected chi connectivity index (χ4v) is 4.02. The lowest BCUT2D eigenvalue weighted by molar-refractivity contribution is 0.0375. The number of para-hydroxylation sites is 3. The molecule has 29 heavy (non-hydrogen) atoms. The lowest BCUT2D eigenvalue weighted by Crippen LogP contribution is -2.36. The summed E-state index contributed by atoms with van der Waals surface area (Å²) >= 11 is 0. The van der Waals surface area contributed by atoms with Gasteiger partial charge in [0.15, 0.2) is 11.5 Å². The zero-order valence-corrected chi connectivity index (χ0v) is 17.2. The van der Waals surface area contributed by atoms with Gasteiger partial charge in [-0.05, 0) is 43.1 Å². The van der Waals surface area contributed by atoms with E-state index >= 15 is 0 Å². The first-order chi connectivity index (χ1) is 14.3. The number of aryl methyl sites for hydroxylation is 1. The second-order valence-electron chi connectivity index (χ2n) is 7.42. The molecule has 1 saturated heterocycles. The largest absolute Gasteiger partial charge is 0.493 e. The van der Waals surface area contributed by atoms with Crippen LogP contribution in [0.25, 0.3) is 10.9 Å². The van der Waals surface area contributed by atoms with Gasteiger partial charge in [0.25, 0.3) is 0 Å². The van der Waals surface area contributed by atoms with E-state index in [1.165, 1.54) is 22.9 Å². The van der Waals surface area contributed by atoms with Gasteiger partial charge in [-0.25, -0.2) is 0 Å². The maximum atomic E-state index is 5.99. The van der Waals surface area contributed by atoms with Crippen molar-refractivity contribution in [1.29, 1.82) is 0 Å². The van der Waals surface area contributed by atoms with Crippen molar-refractivity contribution in [2.75, 3.05) is 46.6 Å². The Hall–Kier alpha value is -2.50. The van der Waals surface area contributed by atoms with Crippen molar-refractivity contribution >= 4 is 10.9 Å². The standard InChI is InChI=1S/C24H30N2O3/c1-27-23-10-4-5-11-24(23)29-18-15-26-19-20(21-8-2-3-9-22(21)26)7-6-12-25-13-16-28-17-14-25/h2-5,8-11,19H,6-7,12-18H2,1H3. The van der Waals surface area contributed by atoms with Gasteiger partial charge in [-0.3, -0.25) is 4.90 Å². The molecule has 0 saturated carbocycles. The van der Waals surface area contributed by atoms with E-state index in [4.69, 9.17) is 14.2 Å². The summed E-state index contributed by atoms with van der Waals surface area (Å²) < 4.78 is 19.1. The third-order valence-corrected chi connectivity index (χ3v) is 5.55. The van der Waals surface area contributed by atoms with Crippen molar-refractivity contribution < 1.29 is 14.2 Å². The first kappa shape index (κ1) is 19.8. The van der Waals surface area contributed by atoms with Crippen molar-refractivity contribution in [1.82, 2.24) is 9.47 Å². The lowest BCUT2D eigenvalue weighted by Gasteiger charge is -2.26. The van der Waals surface area contributed by atoms with Gasteiger partial charge < -0.3 is 18.8 Å². The third kappa shape index (κ3) is 4.92. The number of fused-ring (bicyclic) bond motifs is 1. The van der Waals surface area contributed by atoms with Crippen LogP contribution in [0.3, 0.4) is 0 Å². The predicted molar refractivity (Wildman–Crippen MR) is 116 cm³/mol. The Morgan fingerprint density at radius 3 is 2.52 bits per heavy atom. The van der Waals surface area contributed by atoms with E-state index < -0.39 is 0 Å². The minimum Gasteiger partial charge on any atom is -0.493 e. The van der Waals surface area contributed by atoms with Crippen LogP contribution in [0.1, 0.15) is 12.0 Å². The number of aromatic nitrogens is 1. The van der Waals surface area contributed by atoms with Crippen LogP contribution in [-0.4, -0.2) is 56.0 Å². The molecule has 1 fully saturated rings. The Morgan fingerprint density at radius 1 is 0.931 bits per heavy atom. The number of ether oxygens (including phenoxy) is 3. The minimum absolute atomic E-state index is 0.603. The number of nitrogens with zero attached hydrogens (tertiary/aromatic N) is 2. The molecule has 2 aromatic carbocycles. The maximum absolute atomic E-state index is 5.99. The SMILES string of the molecule is COc1ccccc1OCCn1cc(CCCN2CCOCC2)c2ccccc21. The van der Waals surface area contributed by atoms with Crippen LogP contribution in [0.15, 0.2) is 54.7 Å². The quantitative estimate of drug-likeness (QED) is 0.550. The third-order valence-electron chi connectivity index (χ3n) is 5.55. The molecule has 1 aliphatic heterocycles. The molecule has 4 rings (SSSR count). The van der Waals surface area contributed by atoms with Crippen molar-refractivity contribution in [3.05, 3.63) is 60.3 Å². The summed E-state index contributed by atoms with van der Waals surface area (Å²) in [5.74, 6) is 1.56.